The van der Waals surface area contributed by atoms with E-state index in [2.05, 4.69) is 10.4 Å². The number of aromatic nitrogens is 2. The first-order valence-corrected chi connectivity index (χ1v) is 6.81. The molecule has 0 aliphatic carbocycles. The van der Waals surface area contributed by atoms with Gasteiger partial charge in [-0.05, 0) is 19.9 Å². The Balaban J connectivity index is 1.90. The van der Waals surface area contributed by atoms with Crippen molar-refractivity contribution in [3.05, 3.63) is 18.0 Å². The van der Waals surface area contributed by atoms with Crippen molar-refractivity contribution in [1.82, 2.24) is 24.9 Å². The van der Waals surface area contributed by atoms with Gasteiger partial charge in [0.25, 0.3) is 5.91 Å². The van der Waals surface area contributed by atoms with Gasteiger partial charge < -0.3 is 15.1 Å². The predicted molar refractivity (Wildman–Crippen MR) is 74.4 cm³/mol. The van der Waals surface area contributed by atoms with E-state index in [0.717, 1.165) is 0 Å². The topological polar surface area (TPSA) is 70.5 Å². The van der Waals surface area contributed by atoms with Crippen LogP contribution in [0.3, 0.4) is 0 Å². The van der Waals surface area contributed by atoms with Crippen molar-refractivity contribution in [2.24, 2.45) is 7.05 Å². The van der Waals surface area contributed by atoms with Gasteiger partial charge in [-0.3, -0.25) is 9.48 Å². The molecule has 2 rings (SSSR count). The zero-order valence-electron chi connectivity index (χ0n) is 12.2. The molecule has 0 atom stereocenters. The van der Waals surface area contributed by atoms with Gasteiger partial charge in [0.1, 0.15) is 5.69 Å². The summed E-state index contributed by atoms with van der Waals surface area (Å²) in [6, 6.07) is 1.77. The van der Waals surface area contributed by atoms with E-state index in [1.54, 1.807) is 33.8 Å². The number of aryl methyl sites for hydroxylation is 1. The Hall–Kier alpha value is -2.05. The summed E-state index contributed by atoms with van der Waals surface area (Å²) in [6.45, 7) is 6.08. The molecule has 7 nitrogen and oxygen atoms in total. The lowest BCUT2D eigenvalue weighted by atomic mass is 10.3. The fraction of sp³-hybridized carbons (Fsp3) is 0.615. The molecule has 0 radical (unpaired) electrons. The highest BCUT2D eigenvalue weighted by Crippen LogP contribution is 2.08. The fourth-order valence-electron chi connectivity index (χ4n) is 2.20. The minimum absolute atomic E-state index is 0.0334. The van der Waals surface area contributed by atoms with E-state index in [0.29, 0.717) is 31.9 Å². The molecule has 1 aliphatic heterocycles. The number of nitrogens with zero attached hydrogens (tertiary/aromatic N) is 4. The third-order valence-electron chi connectivity index (χ3n) is 3.31. The average molecular weight is 279 g/mol. The first kappa shape index (κ1) is 14.4. The van der Waals surface area contributed by atoms with Crippen LogP contribution in [0.25, 0.3) is 0 Å². The first-order valence-electron chi connectivity index (χ1n) is 6.81. The molecule has 1 aromatic rings. The van der Waals surface area contributed by atoms with Crippen LogP contribution in [0.5, 0.6) is 0 Å². The van der Waals surface area contributed by atoms with Crippen molar-refractivity contribution in [2.75, 3.05) is 26.2 Å². The highest BCUT2D eigenvalue weighted by Gasteiger charge is 2.26. The lowest BCUT2D eigenvalue weighted by molar-refractivity contribution is 0.0653. The molecule has 0 saturated carbocycles. The molecule has 3 amide bonds. The highest BCUT2D eigenvalue weighted by molar-refractivity contribution is 5.92. The summed E-state index contributed by atoms with van der Waals surface area (Å²) in [4.78, 5) is 27.7. The lowest BCUT2D eigenvalue weighted by Crippen LogP contribution is -2.54. The maximum absolute atomic E-state index is 12.3. The second-order valence-electron chi connectivity index (χ2n) is 5.22. The van der Waals surface area contributed by atoms with Crippen molar-refractivity contribution in [1.29, 1.82) is 0 Å². The lowest BCUT2D eigenvalue weighted by Gasteiger charge is -2.35. The Labute approximate surface area is 118 Å². The third-order valence-corrected chi connectivity index (χ3v) is 3.31. The van der Waals surface area contributed by atoms with Crippen LogP contribution >= 0.6 is 0 Å². The van der Waals surface area contributed by atoms with Crippen LogP contribution in [0.15, 0.2) is 12.3 Å². The highest BCUT2D eigenvalue weighted by atomic mass is 16.2. The Morgan fingerprint density at radius 1 is 1.20 bits per heavy atom. The molecule has 0 spiro atoms. The summed E-state index contributed by atoms with van der Waals surface area (Å²) in [5.74, 6) is -0.0334. The first-order chi connectivity index (χ1) is 9.49. The Morgan fingerprint density at radius 3 is 2.30 bits per heavy atom. The van der Waals surface area contributed by atoms with Crippen LogP contribution in [0.4, 0.5) is 4.79 Å². The smallest absolute Gasteiger partial charge is 0.317 e. The summed E-state index contributed by atoms with van der Waals surface area (Å²) in [7, 11) is 1.75. The van der Waals surface area contributed by atoms with Crippen LogP contribution in [-0.4, -0.2) is 63.7 Å². The molecule has 0 bridgehead atoms. The number of hydrogen-bond donors (Lipinski definition) is 1. The van der Waals surface area contributed by atoms with Crippen molar-refractivity contribution in [3.8, 4) is 0 Å². The summed E-state index contributed by atoms with van der Waals surface area (Å²) in [6.07, 6.45) is 1.61. The van der Waals surface area contributed by atoms with Gasteiger partial charge in [-0.2, -0.15) is 5.10 Å². The SMILES string of the molecule is CC(C)NC(=O)N1CCN(C(=O)c2ccnn2C)CC1. The second-order valence-corrected chi connectivity index (χ2v) is 5.22. The molecule has 1 N–H and O–H groups in total. The molecule has 1 aliphatic rings. The van der Waals surface area contributed by atoms with E-state index in [1.807, 2.05) is 13.8 Å². The van der Waals surface area contributed by atoms with E-state index < -0.39 is 0 Å². The van der Waals surface area contributed by atoms with Gasteiger partial charge in [-0.25, -0.2) is 4.79 Å². The monoisotopic (exact) mass is 279 g/mol. The number of piperazine rings is 1. The summed E-state index contributed by atoms with van der Waals surface area (Å²) in [5, 5.41) is 6.87. The largest absolute Gasteiger partial charge is 0.336 e. The van der Waals surface area contributed by atoms with Gasteiger partial charge >= 0.3 is 6.03 Å². The normalized spacial score (nSPS) is 15.6. The molecule has 1 saturated heterocycles. The molecule has 0 aromatic carbocycles. The maximum Gasteiger partial charge on any atom is 0.317 e. The number of hydrogen-bond acceptors (Lipinski definition) is 3. The van der Waals surface area contributed by atoms with Gasteiger partial charge in [0.15, 0.2) is 0 Å². The molecule has 1 fully saturated rings. The van der Waals surface area contributed by atoms with Crippen molar-refractivity contribution >= 4 is 11.9 Å². The number of carbonyl (C=O) groups is 2. The van der Waals surface area contributed by atoms with Crippen LogP contribution in [0.2, 0.25) is 0 Å². The molecule has 7 heteroatoms. The van der Waals surface area contributed by atoms with Crippen LogP contribution in [0.1, 0.15) is 24.3 Å². The molecule has 2 heterocycles. The molecular formula is C13H21N5O2. The van der Waals surface area contributed by atoms with Crippen LogP contribution in [-0.2, 0) is 7.05 Å². The summed E-state index contributed by atoms with van der Waals surface area (Å²) < 4.78 is 1.57. The Bertz CT molecular complexity index is 489. The van der Waals surface area contributed by atoms with E-state index in [-0.39, 0.29) is 18.0 Å². The van der Waals surface area contributed by atoms with Gasteiger partial charge in [0.05, 0.1) is 0 Å². The maximum atomic E-state index is 12.3. The molecule has 20 heavy (non-hydrogen) atoms. The van der Waals surface area contributed by atoms with Gasteiger partial charge in [-0.1, -0.05) is 0 Å². The molecule has 1 aromatic heterocycles. The predicted octanol–water partition coefficient (Wildman–Crippen LogP) is 0.296. The van der Waals surface area contributed by atoms with Gasteiger partial charge in [-0.15, -0.1) is 0 Å². The number of carbonyl (C=O) groups excluding carboxylic acids is 2. The zero-order chi connectivity index (χ0) is 14.7. The fourth-order valence-corrected chi connectivity index (χ4v) is 2.20. The Kier molecular flexibility index (Phi) is 4.26. The van der Waals surface area contributed by atoms with Crippen molar-refractivity contribution in [2.45, 2.75) is 19.9 Å². The zero-order valence-corrected chi connectivity index (χ0v) is 12.2. The minimum Gasteiger partial charge on any atom is -0.336 e. The standard InChI is InChI=1S/C13H21N5O2/c1-10(2)15-13(20)18-8-6-17(7-9-18)12(19)11-4-5-14-16(11)3/h4-5,10H,6-9H2,1-3H3,(H,15,20). The molecule has 110 valence electrons. The summed E-state index contributed by atoms with van der Waals surface area (Å²) in [5.41, 5.74) is 0.574. The van der Waals surface area contributed by atoms with Crippen molar-refractivity contribution in [3.63, 3.8) is 0 Å². The summed E-state index contributed by atoms with van der Waals surface area (Å²) >= 11 is 0. The average Bonchev–Trinajstić information content (AvgIpc) is 2.83. The van der Waals surface area contributed by atoms with Crippen LogP contribution in [0, 0.1) is 0 Å². The van der Waals surface area contributed by atoms with E-state index in [4.69, 9.17) is 0 Å². The number of nitrogens with one attached hydrogen (secondary N) is 1. The quantitative estimate of drug-likeness (QED) is 0.846. The molecule has 0 unspecified atom stereocenters. The van der Waals surface area contributed by atoms with Crippen molar-refractivity contribution < 1.29 is 9.59 Å². The van der Waals surface area contributed by atoms with E-state index >= 15 is 0 Å². The Morgan fingerprint density at radius 2 is 1.80 bits per heavy atom. The number of amides is 3. The van der Waals surface area contributed by atoms with Gasteiger partial charge in [0.2, 0.25) is 0 Å². The molecular weight excluding hydrogens is 258 g/mol. The van der Waals surface area contributed by atoms with E-state index in [1.165, 1.54) is 0 Å². The third kappa shape index (κ3) is 3.09. The minimum atomic E-state index is -0.0624. The van der Waals surface area contributed by atoms with Crippen LogP contribution < -0.4 is 5.32 Å². The number of urea groups is 1. The second kappa shape index (κ2) is 5.94. The van der Waals surface area contributed by atoms with Gasteiger partial charge in [0, 0.05) is 45.5 Å². The number of rotatable bonds is 2. The van der Waals surface area contributed by atoms with E-state index in [9.17, 15) is 9.59 Å².